The second-order valence-electron chi connectivity index (χ2n) is 6.64. The molecule has 0 saturated carbocycles. The van der Waals surface area contributed by atoms with Crippen LogP contribution in [0.15, 0.2) is 65.8 Å². The number of aryl methyl sites for hydroxylation is 1. The summed E-state index contributed by atoms with van der Waals surface area (Å²) in [5.41, 5.74) is 1.51. The Morgan fingerprint density at radius 1 is 1.16 bits per heavy atom. The largest absolute Gasteiger partial charge is 0.493 e. The van der Waals surface area contributed by atoms with Gasteiger partial charge in [-0.05, 0) is 37.3 Å². The number of para-hydroxylation sites is 1. The van der Waals surface area contributed by atoms with Crippen molar-refractivity contribution in [1.29, 1.82) is 0 Å². The third kappa shape index (κ3) is 5.94. The van der Waals surface area contributed by atoms with Gasteiger partial charge >= 0.3 is 6.61 Å². The molecule has 3 aromatic rings. The predicted molar refractivity (Wildman–Crippen MR) is 115 cm³/mol. The number of alkyl halides is 2. The average molecular weight is 443 g/mol. The Morgan fingerprint density at radius 3 is 2.72 bits per heavy atom. The third-order valence-corrected chi connectivity index (χ3v) is 4.41. The first-order valence-corrected chi connectivity index (χ1v) is 10.0. The summed E-state index contributed by atoms with van der Waals surface area (Å²) in [6, 6.07) is 11.6. The van der Waals surface area contributed by atoms with Crippen LogP contribution in [-0.4, -0.2) is 30.6 Å². The van der Waals surface area contributed by atoms with Gasteiger partial charge in [-0.15, -0.1) is 0 Å². The number of aromatic nitrogens is 1. The molecule has 0 bridgehead atoms. The maximum atomic E-state index is 12.8. The standard InChI is InChI=1S/C24H23F2NO5/c1-3-13-30-21-12-9-16(14-22(21)32-24(25)26)23-27-17(15-31-23)10-11-19(28)18-7-5-6-8-20(18)29-4-2/h3,5-9,12,14-15,24H,1,4,10-11,13H2,2H3. The summed E-state index contributed by atoms with van der Waals surface area (Å²) < 4.78 is 46.4. The Kier molecular flexibility index (Phi) is 7.96. The second kappa shape index (κ2) is 11.1. The molecule has 0 fully saturated rings. The zero-order valence-electron chi connectivity index (χ0n) is 17.6. The molecular formula is C24H23F2NO5. The van der Waals surface area contributed by atoms with Gasteiger partial charge in [0.2, 0.25) is 5.89 Å². The molecule has 0 saturated heterocycles. The van der Waals surface area contributed by atoms with E-state index in [9.17, 15) is 13.6 Å². The van der Waals surface area contributed by atoms with Crippen molar-refractivity contribution < 1.29 is 32.2 Å². The van der Waals surface area contributed by atoms with Crippen molar-refractivity contribution in [2.75, 3.05) is 13.2 Å². The Balaban J connectivity index is 1.71. The van der Waals surface area contributed by atoms with Gasteiger partial charge in [0.1, 0.15) is 18.6 Å². The zero-order valence-corrected chi connectivity index (χ0v) is 17.6. The molecule has 8 heteroatoms. The number of halogens is 2. The summed E-state index contributed by atoms with van der Waals surface area (Å²) >= 11 is 0. The number of Topliss-reactive ketones (excluding diaryl/α,β-unsaturated/α-hetero) is 1. The van der Waals surface area contributed by atoms with E-state index in [0.717, 1.165) is 0 Å². The van der Waals surface area contributed by atoms with Gasteiger partial charge in [0.25, 0.3) is 0 Å². The maximum Gasteiger partial charge on any atom is 0.387 e. The SMILES string of the molecule is C=CCOc1ccc(-c2nc(CCC(=O)c3ccccc3OCC)co2)cc1OC(F)F. The highest BCUT2D eigenvalue weighted by Crippen LogP contribution is 2.34. The number of ketones is 1. The Morgan fingerprint density at radius 2 is 1.97 bits per heavy atom. The van der Waals surface area contributed by atoms with E-state index < -0.39 is 6.61 Å². The van der Waals surface area contributed by atoms with Crippen molar-refractivity contribution in [2.24, 2.45) is 0 Å². The summed E-state index contributed by atoms with van der Waals surface area (Å²) in [6.07, 6.45) is 3.50. The number of carbonyl (C=O) groups excluding carboxylic acids is 1. The molecule has 0 atom stereocenters. The Labute approximate surface area is 184 Å². The lowest BCUT2D eigenvalue weighted by atomic mass is 10.0. The van der Waals surface area contributed by atoms with Crippen molar-refractivity contribution in [3.05, 3.63) is 72.6 Å². The number of benzene rings is 2. The normalized spacial score (nSPS) is 10.8. The summed E-state index contributed by atoms with van der Waals surface area (Å²) in [5.74, 6) is 0.707. The van der Waals surface area contributed by atoms with Crippen molar-refractivity contribution >= 4 is 5.78 Å². The van der Waals surface area contributed by atoms with Gasteiger partial charge in [-0.1, -0.05) is 24.8 Å². The maximum absolute atomic E-state index is 12.8. The molecule has 0 aliphatic heterocycles. The van der Waals surface area contributed by atoms with Crippen LogP contribution in [0.3, 0.4) is 0 Å². The smallest absolute Gasteiger partial charge is 0.387 e. The topological polar surface area (TPSA) is 70.8 Å². The van der Waals surface area contributed by atoms with Crippen LogP contribution in [-0.2, 0) is 6.42 Å². The van der Waals surface area contributed by atoms with Crippen LogP contribution >= 0.6 is 0 Å². The van der Waals surface area contributed by atoms with Gasteiger partial charge in [0, 0.05) is 18.4 Å². The number of hydrogen-bond donors (Lipinski definition) is 0. The van der Waals surface area contributed by atoms with Crippen molar-refractivity contribution in [3.8, 4) is 28.7 Å². The van der Waals surface area contributed by atoms with E-state index in [-0.39, 0.29) is 36.2 Å². The van der Waals surface area contributed by atoms with Crippen LogP contribution < -0.4 is 14.2 Å². The molecule has 3 rings (SSSR count). The van der Waals surface area contributed by atoms with Crippen molar-refractivity contribution in [2.45, 2.75) is 26.4 Å². The van der Waals surface area contributed by atoms with Crippen LogP contribution in [0.25, 0.3) is 11.5 Å². The summed E-state index contributed by atoms with van der Waals surface area (Å²) in [6.45, 7) is 2.98. The first-order chi connectivity index (χ1) is 15.5. The molecular weight excluding hydrogens is 420 g/mol. The summed E-state index contributed by atoms with van der Waals surface area (Å²) in [5, 5.41) is 0. The molecule has 0 N–H and O–H groups in total. The molecule has 2 aromatic carbocycles. The predicted octanol–water partition coefficient (Wildman–Crippen LogP) is 5.72. The Bertz CT molecular complexity index is 1060. The van der Waals surface area contributed by atoms with Gasteiger partial charge in [-0.25, -0.2) is 4.98 Å². The highest BCUT2D eigenvalue weighted by atomic mass is 19.3. The van der Waals surface area contributed by atoms with Crippen LogP contribution in [0.2, 0.25) is 0 Å². The minimum atomic E-state index is -3.01. The van der Waals surface area contributed by atoms with Crippen molar-refractivity contribution in [1.82, 2.24) is 4.98 Å². The van der Waals surface area contributed by atoms with Gasteiger partial charge < -0.3 is 18.6 Å². The highest BCUT2D eigenvalue weighted by Gasteiger charge is 2.17. The van der Waals surface area contributed by atoms with E-state index in [4.69, 9.17) is 13.9 Å². The van der Waals surface area contributed by atoms with E-state index >= 15 is 0 Å². The first-order valence-electron chi connectivity index (χ1n) is 10.0. The van der Waals surface area contributed by atoms with E-state index in [1.807, 2.05) is 13.0 Å². The first kappa shape index (κ1) is 23.0. The Hall–Kier alpha value is -3.68. The monoisotopic (exact) mass is 443 g/mol. The minimum Gasteiger partial charge on any atom is -0.493 e. The molecule has 32 heavy (non-hydrogen) atoms. The summed E-state index contributed by atoms with van der Waals surface area (Å²) in [7, 11) is 0. The number of ether oxygens (including phenoxy) is 3. The fourth-order valence-corrected chi connectivity index (χ4v) is 3.01. The van der Waals surface area contributed by atoms with Crippen LogP contribution in [0.5, 0.6) is 17.2 Å². The van der Waals surface area contributed by atoms with Gasteiger partial charge in [-0.2, -0.15) is 8.78 Å². The van der Waals surface area contributed by atoms with E-state index in [1.54, 1.807) is 24.3 Å². The number of carbonyl (C=O) groups is 1. The van der Waals surface area contributed by atoms with E-state index in [2.05, 4.69) is 16.3 Å². The van der Waals surface area contributed by atoms with Crippen LogP contribution in [0.4, 0.5) is 8.78 Å². The molecule has 1 heterocycles. The van der Waals surface area contributed by atoms with Crippen molar-refractivity contribution in [3.63, 3.8) is 0 Å². The molecule has 0 spiro atoms. The second-order valence-corrected chi connectivity index (χ2v) is 6.64. The number of nitrogens with zero attached hydrogens (tertiary/aromatic N) is 1. The van der Waals surface area contributed by atoms with Gasteiger partial charge in [-0.3, -0.25) is 4.79 Å². The average Bonchev–Trinajstić information content (AvgIpc) is 3.26. The molecule has 0 unspecified atom stereocenters. The lowest BCUT2D eigenvalue weighted by Crippen LogP contribution is -2.05. The lowest BCUT2D eigenvalue weighted by molar-refractivity contribution is -0.0513. The highest BCUT2D eigenvalue weighted by molar-refractivity contribution is 5.98. The van der Waals surface area contributed by atoms with Crippen LogP contribution in [0.1, 0.15) is 29.4 Å². The van der Waals surface area contributed by atoms with Gasteiger partial charge in [0.15, 0.2) is 17.3 Å². The molecule has 1 aromatic heterocycles. The van der Waals surface area contributed by atoms with Gasteiger partial charge in [0.05, 0.1) is 17.9 Å². The quantitative estimate of drug-likeness (QED) is 0.263. The molecule has 0 amide bonds. The lowest BCUT2D eigenvalue weighted by Gasteiger charge is -2.11. The third-order valence-electron chi connectivity index (χ3n) is 4.41. The zero-order chi connectivity index (χ0) is 22.9. The molecule has 0 aliphatic carbocycles. The number of hydrogen-bond acceptors (Lipinski definition) is 6. The fraction of sp³-hybridized carbons (Fsp3) is 0.250. The molecule has 0 aliphatic rings. The molecule has 168 valence electrons. The van der Waals surface area contributed by atoms with E-state index in [0.29, 0.717) is 35.6 Å². The fourth-order valence-electron chi connectivity index (χ4n) is 3.01. The van der Waals surface area contributed by atoms with E-state index in [1.165, 1.54) is 24.5 Å². The minimum absolute atomic E-state index is 0.0741. The molecule has 0 radical (unpaired) electrons. The van der Waals surface area contributed by atoms with Crippen LogP contribution in [0, 0.1) is 0 Å². The number of oxazole rings is 1. The summed E-state index contributed by atoms with van der Waals surface area (Å²) in [4.78, 5) is 17.0. The molecule has 6 nitrogen and oxygen atoms in total. The number of rotatable bonds is 12.